The van der Waals surface area contributed by atoms with Gasteiger partial charge in [-0.25, -0.2) is 9.67 Å². The van der Waals surface area contributed by atoms with Crippen LogP contribution in [0.15, 0.2) is 59.5 Å². The van der Waals surface area contributed by atoms with E-state index in [1.165, 1.54) is 0 Å². The average molecular weight is 402 g/mol. The fourth-order valence-corrected chi connectivity index (χ4v) is 3.34. The first kappa shape index (κ1) is 19.5. The minimum absolute atomic E-state index is 0.152. The lowest BCUT2D eigenvalue weighted by Gasteiger charge is -2.09. The lowest BCUT2D eigenvalue weighted by Crippen LogP contribution is -2.27. The van der Waals surface area contributed by atoms with Crippen molar-refractivity contribution in [2.45, 2.75) is 26.3 Å². The third-order valence-corrected chi connectivity index (χ3v) is 4.90. The standard InChI is InChI=1S/C22H22N6O2/c1-15-20-21(28(26-15)17-9-4-3-5-10-17)27(2)22(30)18(25-20)11-12-19(29)24-14-16-8-6-7-13-23-16/h3-10,13H,11-12,14H2,1-2H3,(H,24,29). The summed E-state index contributed by atoms with van der Waals surface area (Å²) in [5, 5.41) is 7.39. The highest BCUT2D eigenvalue weighted by molar-refractivity contribution is 5.77. The molecule has 0 saturated carbocycles. The molecule has 8 heteroatoms. The third kappa shape index (κ3) is 3.84. The predicted molar refractivity (Wildman–Crippen MR) is 113 cm³/mol. The van der Waals surface area contributed by atoms with Gasteiger partial charge in [0, 0.05) is 26.1 Å². The molecule has 0 aliphatic heterocycles. The molecule has 4 rings (SSSR count). The van der Waals surface area contributed by atoms with Crippen LogP contribution in [-0.2, 0) is 24.8 Å². The van der Waals surface area contributed by atoms with Gasteiger partial charge in [-0.2, -0.15) is 5.10 Å². The van der Waals surface area contributed by atoms with E-state index in [9.17, 15) is 9.59 Å². The van der Waals surface area contributed by atoms with Gasteiger partial charge in [-0.05, 0) is 31.2 Å². The lowest BCUT2D eigenvalue weighted by atomic mass is 10.2. The second kappa shape index (κ2) is 8.28. The zero-order valence-electron chi connectivity index (χ0n) is 16.9. The van der Waals surface area contributed by atoms with Gasteiger partial charge in [-0.1, -0.05) is 24.3 Å². The number of benzene rings is 1. The van der Waals surface area contributed by atoms with Gasteiger partial charge >= 0.3 is 0 Å². The van der Waals surface area contributed by atoms with Crippen LogP contribution in [0.1, 0.15) is 23.5 Å². The smallest absolute Gasteiger partial charge is 0.273 e. The monoisotopic (exact) mass is 402 g/mol. The van der Waals surface area contributed by atoms with E-state index in [1.54, 1.807) is 22.5 Å². The predicted octanol–water partition coefficient (Wildman–Crippen LogP) is 2.07. The molecule has 0 saturated heterocycles. The fraction of sp³-hybridized carbons (Fsp3) is 0.227. The van der Waals surface area contributed by atoms with Crippen molar-refractivity contribution < 1.29 is 4.79 Å². The number of nitrogens with zero attached hydrogens (tertiary/aromatic N) is 5. The van der Waals surface area contributed by atoms with Gasteiger partial charge in [-0.15, -0.1) is 0 Å². The second-order valence-corrected chi connectivity index (χ2v) is 7.03. The molecule has 0 atom stereocenters. The first-order valence-electron chi connectivity index (χ1n) is 9.72. The maximum atomic E-state index is 12.9. The van der Waals surface area contributed by atoms with Crippen LogP contribution in [0.2, 0.25) is 0 Å². The Morgan fingerprint density at radius 1 is 1.10 bits per heavy atom. The number of carbonyl (C=O) groups excluding carboxylic acids is 1. The number of amides is 1. The largest absolute Gasteiger partial charge is 0.350 e. The summed E-state index contributed by atoms with van der Waals surface area (Å²) in [6.45, 7) is 2.22. The molecule has 0 bridgehead atoms. The summed E-state index contributed by atoms with van der Waals surface area (Å²) < 4.78 is 3.28. The summed E-state index contributed by atoms with van der Waals surface area (Å²) in [7, 11) is 1.71. The van der Waals surface area contributed by atoms with Crippen molar-refractivity contribution in [2.75, 3.05) is 0 Å². The van der Waals surface area contributed by atoms with Crippen LogP contribution in [0.5, 0.6) is 0 Å². The average Bonchev–Trinajstić information content (AvgIpc) is 3.11. The molecule has 0 spiro atoms. The highest BCUT2D eigenvalue weighted by Crippen LogP contribution is 2.19. The van der Waals surface area contributed by atoms with Crippen molar-refractivity contribution in [2.24, 2.45) is 7.05 Å². The lowest BCUT2D eigenvalue weighted by molar-refractivity contribution is -0.121. The van der Waals surface area contributed by atoms with E-state index < -0.39 is 0 Å². The Morgan fingerprint density at radius 3 is 2.60 bits per heavy atom. The van der Waals surface area contributed by atoms with Crippen molar-refractivity contribution >= 4 is 17.1 Å². The Morgan fingerprint density at radius 2 is 1.87 bits per heavy atom. The van der Waals surface area contributed by atoms with E-state index >= 15 is 0 Å². The molecule has 1 amide bonds. The molecule has 0 fully saturated rings. The number of nitrogens with one attached hydrogen (secondary N) is 1. The number of rotatable bonds is 6. The zero-order chi connectivity index (χ0) is 21.1. The van der Waals surface area contributed by atoms with Crippen LogP contribution in [0.3, 0.4) is 0 Å². The molecule has 8 nitrogen and oxygen atoms in total. The van der Waals surface area contributed by atoms with Crippen LogP contribution in [-0.4, -0.2) is 30.2 Å². The number of hydrogen-bond donors (Lipinski definition) is 1. The number of pyridine rings is 1. The maximum absolute atomic E-state index is 12.9. The van der Waals surface area contributed by atoms with Gasteiger partial charge in [0.25, 0.3) is 5.56 Å². The molecule has 3 heterocycles. The molecule has 0 aliphatic carbocycles. The van der Waals surface area contributed by atoms with Gasteiger partial charge in [0.05, 0.1) is 23.6 Å². The van der Waals surface area contributed by atoms with Crippen molar-refractivity contribution in [1.29, 1.82) is 0 Å². The zero-order valence-corrected chi connectivity index (χ0v) is 16.9. The number of aryl methyl sites for hydroxylation is 3. The molecule has 152 valence electrons. The molecule has 3 aromatic heterocycles. The summed E-state index contributed by atoms with van der Waals surface area (Å²) in [4.78, 5) is 33.8. The Bertz CT molecular complexity index is 1250. The number of aromatic nitrogens is 5. The molecule has 0 aliphatic rings. The minimum atomic E-state index is -0.225. The minimum Gasteiger partial charge on any atom is -0.350 e. The number of para-hydroxylation sites is 1. The quantitative estimate of drug-likeness (QED) is 0.533. The van der Waals surface area contributed by atoms with Gasteiger partial charge in [-0.3, -0.25) is 19.1 Å². The van der Waals surface area contributed by atoms with E-state index in [-0.39, 0.29) is 24.3 Å². The summed E-state index contributed by atoms with van der Waals surface area (Å²) in [6, 6.07) is 15.2. The molecular formula is C22H22N6O2. The van der Waals surface area contributed by atoms with Crippen LogP contribution < -0.4 is 10.9 Å². The Balaban J connectivity index is 1.55. The van der Waals surface area contributed by atoms with Crippen molar-refractivity contribution in [1.82, 2.24) is 29.6 Å². The number of hydrogen-bond acceptors (Lipinski definition) is 5. The topological polar surface area (TPSA) is 94.7 Å². The SMILES string of the molecule is Cc1nn(-c2ccccc2)c2c1nc(CCC(=O)NCc1ccccn1)c(=O)n2C. The fourth-order valence-electron chi connectivity index (χ4n) is 3.34. The summed E-state index contributed by atoms with van der Waals surface area (Å²) in [5.74, 6) is -0.152. The highest BCUT2D eigenvalue weighted by Gasteiger charge is 2.18. The highest BCUT2D eigenvalue weighted by atomic mass is 16.1. The molecule has 1 N–H and O–H groups in total. The van der Waals surface area contributed by atoms with Gasteiger partial charge in [0.2, 0.25) is 5.91 Å². The summed E-state index contributed by atoms with van der Waals surface area (Å²) >= 11 is 0. The number of carbonyl (C=O) groups is 1. The summed E-state index contributed by atoms with van der Waals surface area (Å²) in [5.41, 5.74) is 3.78. The first-order valence-corrected chi connectivity index (χ1v) is 9.72. The van der Waals surface area contributed by atoms with E-state index in [2.05, 4.69) is 20.4 Å². The molecule has 30 heavy (non-hydrogen) atoms. The molecular weight excluding hydrogens is 380 g/mol. The van der Waals surface area contributed by atoms with Crippen LogP contribution >= 0.6 is 0 Å². The van der Waals surface area contributed by atoms with E-state index in [4.69, 9.17) is 0 Å². The van der Waals surface area contributed by atoms with Crippen LogP contribution in [0.25, 0.3) is 16.9 Å². The van der Waals surface area contributed by atoms with Crippen molar-refractivity contribution in [3.8, 4) is 5.69 Å². The molecule has 1 aromatic carbocycles. The molecule has 0 radical (unpaired) electrons. The van der Waals surface area contributed by atoms with Gasteiger partial charge in [0.15, 0.2) is 5.65 Å². The van der Waals surface area contributed by atoms with Crippen LogP contribution in [0, 0.1) is 6.92 Å². The summed E-state index contributed by atoms with van der Waals surface area (Å²) in [6.07, 6.45) is 2.11. The Kier molecular flexibility index (Phi) is 5.38. The van der Waals surface area contributed by atoms with E-state index in [0.29, 0.717) is 23.4 Å². The van der Waals surface area contributed by atoms with Crippen molar-refractivity contribution in [3.05, 3.63) is 82.2 Å². The van der Waals surface area contributed by atoms with E-state index in [1.807, 2.05) is 55.5 Å². The third-order valence-electron chi connectivity index (χ3n) is 4.90. The first-order chi connectivity index (χ1) is 14.5. The Hall–Kier alpha value is -3.81. The Labute approximate surface area is 173 Å². The molecule has 4 aromatic rings. The molecule has 0 unspecified atom stereocenters. The normalized spacial score (nSPS) is 11.0. The number of fused-ring (bicyclic) bond motifs is 1. The van der Waals surface area contributed by atoms with Gasteiger partial charge in [0.1, 0.15) is 11.2 Å². The van der Waals surface area contributed by atoms with E-state index in [0.717, 1.165) is 17.1 Å². The van der Waals surface area contributed by atoms with Crippen LogP contribution in [0.4, 0.5) is 0 Å². The maximum Gasteiger partial charge on any atom is 0.273 e. The second-order valence-electron chi connectivity index (χ2n) is 7.03. The van der Waals surface area contributed by atoms with Gasteiger partial charge < -0.3 is 5.32 Å². The van der Waals surface area contributed by atoms with Crippen molar-refractivity contribution in [3.63, 3.8) is 0 Å².